The Morgan fingerprint density at radius 1 is 1.31 bits per heavy atom. The van der Waals surface area contributed by atoms with Gasteiger partial charge in [-0.05, 0) is 0 Å². The molecule has 0 fully saturated rings. The minimum atomic E-state index is -0.833. The molecule has 3 N–H and O–H groups in total. The third kappa shape index (κ3) is 17.9. The fraction of sp³-hybridized carbons (Fsp3) is 0.571. The van der Waals surface area contributed by atoms with Crippen LogP contribution in [-0.2, 0) is 14.4 Å². The topological polar surface area (TPSA) is 101 Å². The van der Waals surface area contributed by atoms with Crippen molar-refractivity contribution in [3.05, 3.63) is 0 Å². The molecule has 0 radical (unpaired) electrons. The zero-order valence-corrected chi connectivity index (χ0v) is 7.90. The summed E-state index contributed by atoms with van der Waals surface area (Å²) in [6.07, 6.45) is -0.201. The number of nitrogens with zero attached hydrogens (tertiary/aromatic N) is 1. The maximum atomic E-state index is 10.6. The van der Waals surface area contributed by atoms with Crippen LogP contribution in [0.3, 0.4) is 0 Å². The number of carboxylic acids is 1. The molecule has 0 unspecified atom stereocenters. The summed E-state index contributed by atoms with van der Waals surface area (Å²) in [5, 5.41) is 7.42. The van der Waals surface area contributed by atoms with Gasteiger partial charge in [-0.1, -0.05) is 0 Å². The van der Waals surface area contributed by atoms with Gasteiger partial charge in [0.05, 0.1) is 0 Å². The summed E-state index contributed by atoms with van der Waals surface area (Å²) in [6.45, 7) is 1.08. The van der Waals surface area contributed by atoms with Gasteiger partial charge in [-0.2, -0.15) is 0 Å². The molecule has 0 rings (SSSR count). The molecule has 0 saturated heterocycles. The second kappa shape index (κ2) is 7.08. The highest BCUT2D eigenvalue weighted by Crippen LogP contribution is 1.83. The Kier molecular flexibility index (Phi) is 7.61. The number of carbonyl (C=O) groups is 3. The lowest BCUT2D eigenvalue weighted by atomic mass is 10.4. The highest BCUT2D eigenvalue weighted by atomic mass is 16.4. The van der Waals surface area contributed by atoms with E-state index in [9.17, 15) is 9.59 Å². The minimum absolute atomic E-state index is 0.201. The predicted molar refractivity (Wildman–Crippen MR) is 45.8 cm³/mol. The lowest BCUT2D eigenvalue weighted by Gasteiger charge is -2.06. The zero-order chi connectivity index (χ0) is 11.0. The van der Waals surface area contributed by atoms with Crippen LogP contribution in [0.2, 0.25) is 0 Å². The molecule has 0 aromatic heterocycles. The van der Waals surface area contributed by atoms with Crippen molar-refractivity contribution in [3.63, 3.8) is 0 Å². The van der Waals surface area contributed by atoms with Crippen LogP contribution in [0.1, 0.15) is 13.3 Å². The van der Waals surface area contributed by atoms with E-state index in [1.165, 1.54) is 4.90 Å². The summed E-state index contributed by atoms with van der Waals surface area (Å²) >= 11 is 0. The number of rotatable bonds is 2. The van der Waals surface area contributed by atoms with Crippen molar-refractivity contribution in [3.8, 4) is 0 Å². The highest BCUT2D eigenvalue weighted by Gasteiger charge is 2.06. The van der Waals surface area contributed by atoms with Crippen LogP contribution in [0.15, 0.2) is 0 Å². The molecule has 13 heavy (non-hydrogen) atoms. The van der Waals surface area contributed by atoms with Crippen LogP contribution < -0.4 is 5.73 Å². The Hall–Kier alpha value is -1.59. The number of hydrogen-bond donors (Lipinski definition) is 2. The van der Waals surface area contributed by atoms with Gasteiger partial charge in [0.15, 0.2) is 0 Å². The summed E-state index contributed by atoms with van der Waals surface area (Å²) in [5.74, 6) is -1.68. The number of primary amides is 1. The van der Waals surface area contributed by atoms with E-state index in [4.69, 9.17) is 15.6 Å². The molecule has 0 aliphatic carbocycles. The molecule has 6 nitrogen and oxygen atoms in total. The summed E-state index contributed by atoms with van der Waals surface area (Å²) in [7, 11) is 3.15. The van der Waals surface area contributed by atoms with Crippen molar-refractivity contribution in [2.75, 3.05) is 14.1 Å². The van der Waals surface area contributed by atoms with Crippen LogP contribution in [0.4, 0.5) is 0 Å². The van der Waals surface area contributed by atoms with Crippen LogP contribution in [0, 0.1) is 0 Å². The van der Waals surface area contributed by atoms with E-state index in [0.717, 1.165) is 6.92 Å². The Bertz CT molecular complexity index is 197. The number of amides is 2. The Morgan fingerprint density at radius 2 is 1.62 bits per heavy atom. The second-order valence-electron chi connectivity index (χ2n) is 2.45. The number of aliphatic carboxylic acids is 1. The molecule has 76 valence electrons. The van der Waals surface area contributed by atoms with Crippen molar-refractivity contribution in [1.29, 1.82) is 0 Å². The smallest absolute Gasteiger partial charge is 0.300 e. The maximum absolute atomic E-state index is 10.6. The summed E-state index contributed by atoms with van der Waals surface area (Å²) in [6, 6.07) is 0. The summed E-state index contributed by atoms with van der Waals surface area (Å²) < 4.78 is 0. The molecule has 0 bridgehead atoms. The Labute approximate surface area is 76.3 Å². The van der Waals surface area contributed by atoms with E-state index in [1.54, 1.807) is 14.1 Å². The van der Waals surface area contributed by atoms with Gasteiger partial charge in [0.2, 0.25) is 11.8 Å². The van der Waals surface area contributed by atoms with Gasteiger partial charge in [0.1, 0.15) is 6.42 Å². The van der Waals surface area contributed by atoms with Crippen molar-refractivity contribution in [1.82, 2.24) is 4.90 Å². The SMILES string of the molecule is CC(=O)O.CN(C)C(=O)CC(N)=O. The third-order valence-electron chi connectivity index (χ3n) is 0.824. The summed E-state index contributed by atoms with van der Waals surface area (Å²) in [5.41, 5.74) is 4.74. The fourth-order valence-electron chi connectivity index (χ4n) is 0.307. The van der Waals surface area contributed by atoms with Gasteiger partial charge in [-0.25, -0.2) is 0 Å². The Balaban J connectivity index is 0. The first-order valence-electron chi connectivity index (χ1n) is 3.45. The van der Waals surface area contributed by atoms with Gasteiger partial charge < -0.3 is 15.7 Å². The molecule has 0 aliphatic heterocycles. The molecule has 6 heteroatoms. The number of carboxylic acid groups (broad SMARTS) is 1. The molecular weight excluding hydrogens is 176 g/mol. The van der Waals surface area contributed by atoms with Crippen LogP contribution in [0.5, 0.6) is 0 Å². The quantitative estimate of drug-likeness (QED) is 0.547. The number of nitrogens with two attached hydrogens (primary N) is 1. The van der Waals surface area contributed by atoms with Crippen LogP contribution >= 0.6 is 0 Å². The molecule has 0 aromatic carbocycles. The van der Waals surface area contributed by atoms with Gasteiger partial charge in [0.25, 0.3) is 5.97 Å². The molecular formula is C7H14N2O4. The standard InChI is InChI=1S/C5H10N2O2.C2H4O2/c1-7(2)5(9)3-4(6)8;1-2(3)4/h3H2,1-2H3,(H2,6,8);1H3,(H,3,4). The lowest BCUT2D eigenvalue weighted by Crippen LogP contribution is -2.27. The fourth-order valence-corrected chi connectivity index (χ4v) is 0.307. The number of hydrogen-bond acceptors (Lipinski definition) is 3. The Morgan fingerprint density at radius 3 is 1.69 bits per heavy atom. The first kappa shape index (κ1) is 14.0. The maximum Gasteiger partial charge on any atom is 0.300 e. The third-order valence-corrected chi connectivity index (χ3v) is 0.824. The van der Waals surface area contributed by atoms with E-state index >= 15 is 0 Å². The highest BCUT2D eigenvalue weighted by molar-refractivity contribution is 5.95. The first-order chi connectivity index (χ1) is 5.77. The molecule has 0 atom stereocenters. The lowest BCUT2D eigenvalue weighted by molar-refractivity contribution is -0.135. The van der Waals surface area contributed by atoms with Crippen molar-refractivity contribution in [2.24, 2.45) is 5.73 Å². The zero-order valence-electron chi connectivity index (χ0n) is 7.90. The van der Waals surface area contributed by atoms with Gasteiger partial charge in [-0.15, -0.1) is 0 Å². The molecule has 0 spiro atoms. The van der Waals surface area contributed by atoms with Crippen LogP contribution in [-0.4, -0.2) is 41.9 Å². The van der Waals surface area contributed by atoms with Crippen molar-refractivity contribution in [2.45, 2.75) is 13.3 Å². The van der Waals surface area contributed by atoms with E-state index in [0.29, 0.717) is 0 Å². The predicted octanol–water partition coefficient (Wildman–Crippen LogP) is -0.959. The average molecular weight is 190 g/mol. The van der Waals surface area contributed by atoms with Crippen molar-refractivity contribution < 1.29 is 19.5 Å². The normalized spacial score (nSPS) is 7.92. The molecule has 0 heterocycles. The molecule has 2 amide bonds. The summed E-state index contributed by atoms with van der Waals surface area (Å²) in [4.78, 5) is 31.0. The second-order valence-corrected chi connectivity index (χ2v) is 2.45. The van der Waals surface area contributed by atoms with E-state index in [-0.39, 0.29) is 12.3 Å². The molecule has 0 saturated carbocycles. The first-order valence-corrected chi connectivity index (χ1v) is 3.45. The van der Waals surface area contributed by atoms with E-state index in [2.05, 4.69) is 0 Å². The van der Waals surface area contributed by atoms with Crippen molar-refractivity contribution >= 4 is 17.8 Å². The van der Waals surface area contributed by atoms with Crippen LogP contribution in [0.25, 0.3) is 0 Å². The van der Waals surface area contributed by atoms with Gasteiger partial charge in [-0.3, -0.25) is 14.4 Å². The van der Waals surface area contributed by atoms with E-state index < -0.39 is 11.9 Å². The number of carbonyl (C=O) groups excluding carboxylic acids is 2. The largest absolute Gasteiger partial charge is 0.481 e. The minimum Gasteiger partial charge on any atom is -0.481 e. The van der Waals surface area contributed by atoms with Gasteiger partial charge >= 0.3 is 0 Å². The van der Waals surface area contributed by atoms with E-state index in [1.807, 2.05) is 0 Å². The average Bonchev–Trinajstić information content (AvgIpc) is 1.83. The van der Waals surface area contributed by atoms with Gasteiger partial charge in [0, 0.05) is 21.0 Å². The molecule has 0 aliphatic rings. The monoisotopic (exact) mass is 190 g/mol. The molecule has 0 aromatic rings.